The monoisotopic (exact) mass is 546 g/mol. The van der Waals surface area contributed by atoms with Crippen molar-refractivity contribution in [3.05, 3.63) is 34.3 Å². The second-order valence-electron chi connectivity index (χ2n) is 7.90. The minimum absolute atomic E-state index is 0.0939. The van der Waals surface area contributed by atoms with Crippen LogP contribution in [0.15, 0.2) is 28.7 Å². The number of hydrogen-bond acceptors (Lipinski definition) is 1. The molecule has 2 bridgehead atoms. The molecule has 0 radical (unpaired) electrons. The van der Waals surface area contributed by atoms with Crippen molar-refractivity contribution in [1.29, 1.82) is 0 Å². The molecule has 124 valence electrons. The number of hydrogen-bond donors (Lipinski definition) is 1. The van der Waals surface area contributed by atoms with Crippen LogP contribution in [0.1, 0.15) is 38.7 Å². The van der Waals surface area contributed by atoms with Gasteiger partial charge in [0.1, 0.15) is 0 Å². The third-order valence-electron chi connectivity index (χ3n) is 6.36. The molecular formula is C18H26Br2OTe. The molecule has 0 amide bonds. The van der Waals surface area contributed by atoms with Crippen LogP contribution in [-0.2, 0) is 4.47 Å². The molecule has 0 heterocycles. The molecule has 0 saturated heterocycles. The molecule has 2 aliphatic rings. The van der Waals surface area contributed by atoms with Gasteiger partial charge in [-0.3, -0.25) is 0 Å². The van der Waals surface area contributed by atoms with Gasteiger partial charge in [0, 0.05) is 0 Å². The number of rotatable bonds is 4. The molecule has 4 atom stereocenters. The Kier molecular flexibility index (Phi) is 4.86. The molecule has 2 fully saturated rings. The molecule has 1 nitrogen and oxygen atoms in total. The summed E-state index contributed by atoms with van der Waals surface area (Å²) in [6.07, 6.45) is 3.46. The van der Waals surface area contributed by atoms with Crippen molar-refractivity contribution < 1.29 is 5.11 Å². The molecule has 22 heavy (non-hydrogen) atoms. The van der Waals surface area contributed by atoms with E-state index in [9.17, 15) is 5.11 Å². The molecule has 1 aromatic rings. The van der Waals surface area contributed by atoms with Crippen molar-refractivity contribution in [3.63, 3.8) is 0 Å². The number of fused-ring (bicyclic) bond motifs is 2. The Hall–Kier alpha value is 0.930. The first-order chi connectivity index (χ1) is 10.2. The van der Waals surface area contributed by atoms with Crippen molar-refractivity contribution in [3.8, 4) is 0 Å². The number of benzene rings is 1. The topological polar surface area (TPSA) is 20.2 Å². The van der Waals surface area contributed by atoms with Crippen molar-refractivity contribution in [2.24, 2.45) is 16.7 Å². The molecule has 0 spiro atoms. The summed E-state index contributed by atoms with van der Waals surface area (Å²) in [5.74, 6) is 0.720. The zero-order valence-corrected chi connectivity index (χ0v) is 19.1. The third-order valence-corrected chi connectivity index (χ3v) is 16.0. The van der Waals surface area contributed by atoms with Crippen LogP contribution in [0.4, 0.5) is 0 Å². The molecule has 0 aliphatic heterocycles. The Morgan fingerprint density at radius 2 is 2.00 bits per heavy atom. The van der Waals surface area contributed by atoms with Crippen LogP contribution in [0.25, 0.3) is 0 Å². The van der Waals surface area contributed by atoms with E-state index in [-0.39, 0.29) is 11.5 Å². The van der Waals surface area contributed by atoms with Gasteiger partial charge in [0.25, 0.3) is 0 Å². The van der Waals surface area contributed by atoms with Crippen LogP contribution in [0.5, 0.6) is 0 Å². The summed E-state index contributed by atoms with van der Waals surface area (Å²) >= 11 is 5.68. The van der Waals surface area contributed by atoms with Gasteiger partial charge in [-0.05, 0) is 0 Å². The average Bonchev–Trinajstić information content (AvgIpc) is 2.74. The van der Waals surface area contributed by atoms with Crippen molar-refractivity contribution in [2.75, 3.05) is 0 Å². The van der Waals surface area contributed by atoms with Crippen molar-refractivity contribution >= 4 is 44.7 Å². The Labute approximate surface area is 153 Å². The van der Waals surface area contributed by atoms with Crippen LogP contribution in [-0.4, -0.2) is 27.2 Å². The number of halogens is 2. The molecule has 0 aromatic heterocycles. The maximum atomic E-state index is 10.8. The molecule has 1 aromatic carbocycles. The second kappa shape index (κ2) is 6.03. The Balaban J connectivity index is 1.84. The molecular weight excluding hydrogens is 520 g/mol. The van der Waals surface area contributed by atoms with Crippen LogP contribution in [0.3, 0.4) is 0 Å². The van der Waals surface area contributed by atoms with E-state index < -0.39 is 16.0 Å². The Morgan fingerprint density at radius 3 is 2.55 bits per heavy atom. The summed E-state index contributed by atoms with van der Waals surface area (Å²) in [4.78, 5) is 2.48. The minimum atomic E-state index is -2.21. The predicted octanol–water partition coefficient (Wildman–Crippen LogP) is 5.69. The first kappa shape index (κ1) is 17.7. The Morgan fingerprint density at radius 1 is 1.32 bits per heavy atom. The van der Waals surface area contributed by atoms with Crippen molar-refractivity contribution in [1.82, 2.24) is 0 Å². The molecule has 3 rings (SSSR count). The van der Waals surface area contributed by atoms with Gasteiger partial charge in [-0.15, -0.1) is 0 Å². The maximum absolute atomic E-state index is 10.8. The van der Waals surface area contributed by atoms with E-state index >= 15 is 0 Å². The summed E-state index contributed by atoms with van der Waals surface area (Å²) in [7, 11) is 0. The van der Waals surface area contributed by atoms with Gasteiger partial charge >= 0.3 is 154 Å². The molecule has 2 saturated carbocycles. The quantitative estimate of drug-likeness (QED) is 0.482. The number of aliphatic hydroxyl groups excluding tert-OH is 1. The molecule has 1 N–H and O–H groups in total. The zero-order valence-electron chi connectivity index (χ0n) is 13.6. The zero-order chi connectivity index (χ0) is 16.2. The van der Waals surface area contributed by atoms with Gasteiger partial charge < -0.3 is 0 Å². The van der Waals surface area contributed by atoms with E-state index in [4.69, 9.17) is 0 Å². The summed E-state index contributed by atoms with van der Waals surface area (Å²) in [6, 6.07) is 8.58. The van der Waals surface area contributed by atoms with E-state index in [2.05, 4.69) is 71.8 Å². The van der Waals surface area contributed by atoms with Gasteiger partial charge in [-0.25, -0.2) is 0 Å². The van der Waals surface area contributed by atoms with E-state index in [1.54, 1.807) is 0 Å². The van der Waals surface area contributed by atoms with Crippen LogP contribution in [0.2, 0.25) is 9.44 Å². The first-order valence-electron chi connectivity index (χ1n) is 8.03. The average molecular weight is 546 g/mol. The van der Waals surface area contributed by atoms with E-state index in [0.717, 1.165) is 12.3 Å². The van der Waals surface area contributed by atoms with Crippen LogP contribution < -0.4 is 0 Å². The van der Waals surface area contributed by atoms with Gasteiger partial charge in [0.2, 0.25) is 0 Å². The van der Waals surface area contributed by atoms with Gasteiger partial charge in [-0.2, -0.15) is 0 Å². The Bertz CT molecular complexity index is 572. The fraction of sp³-hybridized carbons (Fsp3) is 0.667. The molecule has 4 unspecified atom stereocenters. The molecule has 2 aliphatic carbocycles. The van der Waals surface area contributed by atoms with Gasteiger partial charge in [0.05, 0.1) is 0 Å². The third kappa shape index (κ3) is 2.86. The van der Waals surface area contributed by atoms with Gasteiger partial charge in [0.15, 0.2) is 0 Å². The predicted molar refractivity (Wildman–Crippen MR) is 103 cm³/mol. The SMILES string of the molecule is CC1(C)C2CCC1(C[Te](C)(Br)Cc1ccccc1Br)C(O)C2. The fourth-order valence-electron chi connectivity index (χ4n) is 4.91. The van der Waals surface area contributed by atoms with Crippen molar-refractivity contribution in [2.45, 2.75) is 53.1 Å². The first-order valence-corrected chi connectivity index (χ1v) is 19.7. The van der Waals surface area contributed by atoms with E-state index in [1.165, 1.54) is 31.8 Å². The fourth-order valence-corrected chi connectivity index (χ4v) is 18.3. The summed E-state index contributed by atoms with van der Waals surface area (Å²) in [5.41, 5.74) is 1.86. The summed E-state index contributed by atoms with van der Waals surface area (Å²) in [6.45, 7) is 4.82. The second-order valence-corrected chi connectivity index (χ2v) is 27.5. The van der Waals surface area contributed by atoms with E-state index in [0.29, 0.717) is 5.41 Å². The van der Waals surface area contributed by atoms with Gasteiger partial charge in [-0.1, -0.05) is 0 Å². The summed E-state index contributed by atoms with van der Waals surface area (Å²) in [5, 5.41) is 10.8. The van der Waals surface area contributed by atoms with Crippen LogP contribution in [0, 0.1) is 16.7 Å². The number of aliphatic hydroxyl groups is 1. The van der Waals surface area contributed by atoms with Crippen LogP contribution >= 0.6 is 28.7 Å². The standard InChI is InChI=1S/C18H26Br2OTe/c1-17(2)14-8-9-18(17,16(21)10-14)12-22(3,20)11-13-6-4-5-7-15(13)19/h4-7,14,16,21H,8-12H2,1-3H3. The van der Waals surface area contributed by atoms with E-state index in [1.807, 2.05) is 0 Å². The molecule has 4 heteroatoms. The normalized spacial score (nSPS) is 37.0. The summed E-state index contributed by atoms with van der Waals surface area (Å²) < 4.78 is 3.61.